The number of nitro benzene ring substituents is 1. The Bertz CT molecular complexity index is 637. The predicted molar refractivity (Wildman–Crippen MR) is 63.9 cm³/mol. The lowest BCUT2D eigenvalue weighted by atomic mass is 10.2. The van der Waals surface area contributed by atoms with Crippen LogP contribution in [0.25, 0.3) is 11.0 Å². The fourth-order valence-electron chi connectivity index (χ4n) is 1.44. The Morgan fingerprint density at radius 3 is 2.84 bits per heavy atom. The number of nitrogens with zero attached hydrogens (tertiary/aromatic N) is 4. The largest absolute Gasteiger partial charge is 0.374 e. The van der Waals surface area contributed by atoms with Gasteiger partial charge in [-0.15, -0.1) is 0 Å². The van der Waals surface area contributed by atoms with Crippen LogP contribution in [0.5, 0.6) is 0 Å². The molecule has 2 rings (SSSR count). The first kappa shape index (κ1) is 12.7. The van der Waals surface area contributed by atoms with Gasteiger partial charge in [0, 0.05) is 13.1 Å². The van der Waals surface area contributed by atoms with E-state index in [1.165, 1.54) is 19.2 Å². The standard InChI is InChI=1S/C9H10N6O4/c1-14(10)7(16)4-11-5-2-3-6(15(17)18)9-8(5)12-19-13-9/h2-3,11H,4,10H2,1H3. The maximum absolute atomic E-state index is 11.3. The molecule has 100 valence electrons. The summed E-state index contributed by atoms with van der Waals surface area (Å²) in [6.07, 6.45) is 0. The molecule has 0 bridgehead atoms. The van der Waals surface area contributed by atoms with Crippen LogP contribution in [0.1, 0.15) is 0 Å². The third kappa shape index (κ3) is 2.42. The van der Waals surface area contributed by atoms with E-state index >= 15 is 0 Å². The van der Waals surface area contributed by atoms with Crippen LogP contribution >= 0.6 is 0 Å². The van der Waals surface area contributed by atoms with Crippen LogP contribution in [0.15, 0.2) is 16.8 Å². The van der Waals surface area contributed by atoms with E-state index in [9.17, 15) is 14.9 Å². The van der Waals surface area contributed by atoms with Gasteiger partial charge in [0.05, 0.1) is 17.2 Å². The molecule has 0 aliphatic rings. The zero-order valence-corrected chi connectivity index (χ0v) is 9.86. The van der Waals surface area contributed by atoms with Crippen LogP contribution < -0.4 is 11.2 Å². The zero-order chi connectivity index (χ0) is 14.0. The molecule has 0 saturated heterocycles. The molecule has 10 heteroatoms. The SMILES string of the molecule is CN(N)C(=O)CNc1ccc([N+](=O)[O-])c2nonc12. The second kappa shape index (κ2) is 4.86. The second-order valence-corrected chi connectivity index (χ2v) is 3.71. The molecule has 1 heterocycles. The Morgan fingerprint density at radius 1 is 1.53 bits per heavy atom. The highest BCUT2D eigenvalue weighted by Gasteiger charge is 2.19. The van der Waals surface area contributed by atoms with E-state index in [-0.39, 0.29) is 29.2 Å². The number of amides is 1. The van der Waals surface area contributed by atoms with Gasteiger partial charge in [-0.25, -0.2) is 10.5 Å². The van der Waals surface area contributed by atoms with Crippen molar-refractivity contribution in [1.29, 1.82) is 0 Å². The highest BCUT2D eigenvalue weighted by Crippen LogP contribution is 2.28. The summed E-state index contributed by atoms with van der Waals surface area (Å²) in [5.41, 5.74) is 0.381. The molecule has 0 spiro atoms. The summed E-state index contributed by atoms with van der Waals surface area (Å²) in [4.78, 5) is 21.5. The van der Waals surface area contributed by atoms with Crippen LogP contribution in [0.2, 0.25) is 0 Å². The molecule has 0 atom stereocenters. The summed E-state index contributed by atoms with van der Waals surface area (Å²) in [6.45, 7) is -0.0766. The fourth-order valence-corrected chi connectivity index (χ4v) is 1.44. The van der Waals surface area contributed by atoms with E-state index in [0.717, 1.165) is 5.01 Å². The van der Waals surface area contributed by atoms with Crippen molar-refractivity contribution < 1.29 is 14.3 Å². The summed E-state index contributed by atoms with van der Waals surface area (Å²) in [7, 11) is 1.41. The highest BCUT2D eigenvalue weighted by molar-refractivity contribution is 5.94. The van der Waals surface area contributed by atoms with Crippen molar-refractivity contribution in [2.45, 2.75) is 0 Å². The van der Waals surface area contributed by atoms with E-state index < -0.39 is 4.92 Å². The number of nitrogens with one attached hydrogen (secondary N) is 1. The molecular weight excluding hydrogens is 256 g/mol. The number of carbonyl (C=O) groups excluding carboxylic acids is 1. The van der Waals surface area contributed by atoms with Gasteiger partial charge in [0.2, 0.25) is 5.52 Å². The Balaban J connectivity index is 2.30. The average Bonchev–Trinajstić information content (AvgIpc) is 2.83. The van der Waals surface area contributed by atoms with Gasteiger partial charge in [0.1, 0.15) is 0 Å². The number of aromatic nitrogens is 2. The Kier molecular flexibility index (Phi) is 3.25. The van der Waals surface area contributed by atoms with Crippen LogP contribution in [-0.2, 0) is 4.79 Å². The number of hydrogen-bond donors (Lipinski definition) is 2. The Labute approximate surface area is 106 Å². The van der Waals surface area contributed by atoms with Crippen molar-refractivity contribution >= 4 is 28.3 Å². The molecule has 0 unspecified atom stereocenters. The number of likely N-dealkylation sites (N-methyl/N-ethyl adjacent to an activating group) is 1. The number of nitrogens with two attached hydrogens (primary N) is 1. The fraction of sp³-hybridized carbons (Fsp3) is 0.222. The summed E-state index contributed by atoms with van der Waals surface area (Å²) in [5.74, 6) is 4.91. The van der Waals surface area contributed by atoms with Crippen LogP contribution in [0.3, 0.4) is 0 Å². The number of hydrogen-bond acceptors (Lipinski definition) is 8. The third-order valence-electron chi connectivity index (χ3n) is 2.41. The van der Waals surface area contributed by atoms with Gasteiger partial charge in [-0.3, -0.25) is 19.9 Å². The summed E-state index contributed by atoms with van der Waals surface area (Å²) in [6, 6.07) is 2.68. The molecule has 1 amide bonds. The normalized spacial score (nSPS) is 10.4. The maximum Gasteiger partial charge on any atom is 0.300 e. The van der Waals surface area contributed by atoms with Crippen molar-refractivity contribution in [2.75, 3.05) is 18.9 Å². The van der Waals surface area contributed by atoms with Crippen molar-refractivity contribution in [1.82, 2.24) is 15.3 Å². The van der Waals surface area contributed by atoms with Crippen LogP contribution in [0, 0.1) is 10.1 Å². The molecule has 1 aromatic carbocycles. The van der Waals surface area contributed by atoms with Crippen molar-refractivity contribution in [3.05, 3.63) is 22.2 Å². The average molecular weight is 266 g/mol. The van der Waals surface area contributed by atoms with Gasteiger partial charge in [-0.05, 0) is 16.4 Å². The zero-order valence-electron chi connectivity index (χ0n) is 9.86. The number of non-ortho nitro benzene ring substituents is 1. The summed E-state index contributed by atoms with van der Waals surface area (Å²) in [5, 5.41) is 21.5. The number of hydrazine groups is 1. The maximum atomic E-state index is 11.3. The summed E-state index contributed by atoms with van der Waals surface area (Å²) >= 11 is 0. The molecule has 0 radical (unpaired) electrons. The van der Waals surface area contributed by atoms with Crippen molar-refractivity contribution in [3.8, 4) is 0 Å². The smallest absolute Gasteiger partial charge is 0.300 e. The van der Waals surface area contributed by atoms with E-state index in [0.29, 0.717) is 5.69 Å². The molecule has 0 saturated carbocycles. The lowest BCUT2D eigenvalue weighted by Gasteiger charge is -2.11. The molecule has 1 aromatic heterocycles. The van der Waals surface area contributed by atoms with Crippen molar-refractivity contribution in [3.63, 3.8) is 0 Å². The Hall–Kier alpha value is -2.75. The Morgan fingerprint density at radius 2 is 2.21 bits per heavy atom. The molecule has 10 nitrogen and oxygen atoms in total. The van der Waals surface area contributed by atoms with Crippen LogP contribution in [-0.4, -0.2) is 39.7 Å². The number of fused-ring (bicyclic) bond motifs is 1. The van der Waals surface area contributed by atoms with Gasteiger partial charge < -0.3 is 5.32 Å². The van der Waals surface area contributed by atoms with E-state index in [4.69, 9.17) is 5.84 Å². The summed E-state index contributed by atoms with van der Waals surface area (Å²) < 4.78 is 4.49. The molecule has 0 aliphatic carbocycles. The van der Waals surface area contributed by atoms with Crippen molar-refractivity contribution in [2.24, 2.45) is 5.84 Å². The molecule has 3 N–H and O–H groups in total. The number of rotatable bonds is 4. The monoisotopic (exact) mass is 266 g/mol. The molecule has 2 aromatic rings. The van der Waals surface area contributed by atoms with E-state index in [1.54, 1.807) is 0 Å². The molecular formula is C9H10N6O4. The quantitative estimate of drug-likeness (QED) is 0.337. The lowest BCUT2D eigenvalue weighted by molar-refractivity contribution is -0.383. The molecule has 0 fully saturated rings. The predicted octanol–water partition coefficient (Wildman–Crippen LogP) is -0.125. The minimum absolute atomic E-state index is 0.0172. The van der Waals surface area contributed by atoms with Crippen LogP contribution in [0.4, 0.5) is 11.4 Å². The topological polar surface area (TPSA) is 140 Å². The number of benzene rings is 1. The van der Waals surface area contributed by atoms with Gasteiger partial charge >= 0.3 is 5.69 Å². The van der Waals surface area contributed by atoms with E-state index in [1.807, 2.05) is 0 Å². The lowest BCUT2D eigenvalue weighted by Crippen LogP contribution is -2.37. The first-order valence-electron chi connectivity index (χ1n) is 5.15. The molecule has 19 heavy (non-hydrogen) atoms. The minimum Gasteiger partial charge on any atom is -0.374 e. The third-order valence-corrected chi connectivity index (χ3v) is 2.41. The second-order valence-electron chi connectivity index (χ2n) is 3.71. The van der Waals surface area contributed by atoms with Gasteiger partial charge in [0.25, 0.3) is 5.91 Å². The minimum atomic E-state index is -0.588. The van der Waals surface area contributed by atoms with Gasteiger partial charge in [-0.2, -0.15) is 0 Å². The number of nitro groups is 1. The first-order valence-corrected chi connectivity index (χ1v) is 5.15. The molecule has 0 aliphatic heterocycles. The van der Waals surface area contributed by atoms with Gasteiger partial charge in [-0.1, -0.05) is 0 Å². The van der Waals surface area contributed by atoms with E-state index in [2.05, 4.69) is 20.3 Å². The number of anilines is 1. The first-order chi connectivity index (χ1) is 9.00. The van der Waals surface area contributed by atoms with Gasteiger partial charge in [0.15, 0.2) is 5.52 Å². The highest BCUT2D eigenvalue weighted by atomic mass is 16.6. The number of carbonyl (C=O) groups is 1.